The second-order valence-corrected chi connectivity index (χ2v) is 33.0. The fourth-order valence-electron chi connectivity index (χ4n) is 13.4. The Morgan fingerprint density at radius 1 is 0.397 bits per heavy atom. The van der Waals surface area contributed by atoms with Crippen molar-refractivity contribution in [2.24, 2.45) is 21.7 Å². The van der Waals surface area contributed by atoms with E-state index in [0.717, 1.165) is 0 Å². The van der Waals surface area contributed by atoms with Crippen LogP contribution in [-0.2, 0) is 88.9 Å². The van der Waals surface area contributed by atoms with Gasteiger partial charge < -0.3 is 94.9 Å². The summed E-state index contributed by atoms with van der Waals surface area (Å²) in [6, 6.07) is 0. The van der Waals surface area contributed by atoms with Crippen LogP contribution in [-0.4, -0.2) is 212 Å². The zero-order valence-electron chi connectivity index (χ0n) is 73.3. The Morgan fingerprint density at radius 2 is 0.690 bits per heavy atom. The molecule has 126 heavy (non-hydrogen) atoms. The minimum absolute atomic E-state index is 0.0187. The number of methoxy groups -OCH3 is 2. The molecule has 4 saturated heterocycles. The predicted octanol–water partition coefficient (Wildman–Crippen LogP) is 13.8. The topological polar surface area (TPSA) is 446 Å². The van der Waals surface area contributed by atoms with Crippen LogP contribution in [0.5, 0.6) is 0 Å². The standard InChI is InChI=1S/2C47H58N2O14/c1-8-14-36(50)46(3,4)38-19-12-18-34-35(60-34)23-22-29(56-7)26-41-49-31(28-58-41)45(55)63-39(47(5,6)37(15-9-2)61-43(53)25-24-42(51)52)20-13-17-33-32(59-33)16-10-11-21-40-48-30(27-57-40)44(54)62-38;1-8-14-36(50)46(3,4)38-19-12-17-33-32(59-33)16-10-11-21-40-48-30(27-57-40)44(54)63-39(47(5,6)37(15-9-2)61-43(53)25-24-42(51)52)20-13-18-34-35(60-34)23-22-29(56-7)26-41-49-31(28-58-41)45(55)62-38/h2*8-18,21-23,27-29,32-39,50H,19-20,24-26H2,1-7H3,(H,51,52)/b14-8+,15-9+,16-10+,17-13-,18-12-,21-11-,23-22+;14-8+,15-9+,16-10+,17-12-,18-13-,21-11-,23-22+/t2*29-,32-,33+,34?,35?,36-,37-,38-,39-/m00/s1. The molecule has 680 valence electrons. The molecule has 0 aliphatic carbocycles. The monoisotopic (exact) mass is 1750 g/mol. The van der Waals surface area contributed by atoms with Crippen molar-refractivity contribution >= 4 is 59.9 Å². The maximum Gasteiger partial charge on any atom is 0.360 e. The van der Waals surface area contributed by atoms with Crippen LogP contribution in [0.15, 0.2) is 201 Å². The van der Waals surface area contributed by atoms with Crippen molar-refractivity contribution in [3.05, 3.63) is 229 Å². The molecule has 10 rings (SSSR count). The number of hydrogen-bond donors (Lipinski definition) is 4. The molecule has 10 heterocycles. The van der Waals surface area contributed by atoms with Crippen LogP contribution in [0, 0.1) is 21.7 Å². The van der Waals surface area contributed by atoms with Crippen LogP contribution in [0.25, 0.3) is 12.2 Å². The van der Waals surface area contributed by atoms with E-state index in [4.69, 9.17) is 84.7 Å². The Bertz CT molecular complexity index is 4790. The van der Waals surface area contributed by atoms with Crippen molar-refractivity contribution in [1.29, 1.82) is 0 Å². The summed E-state index contributed by atoms with van der Waals surface area (Å²) in [5, 5.41) is 40.1. The molecule has 0 radical (unpaired) electrons. The molecule has 4 N–H and O–H groups in total. The smallest absolute Gasteiger partial charge is 0.360 e. The van der Waals surface area contributed by atoms with Gasteiger partial charge in [-0.3, -0.25) is 19.2 Å². The molecule has 32 nitrogen and oxygen atoms in total. The molecule has 6 aliphatic heterocycles. The lowest BCUT2D eigenvalue weighted by atomic mass is 9.78. The van der Waals surface area contributed by atoms with E-state index in [-0.39, 0.29) is 147 Å². The summed E-state index contributed by atoms with van der Waals surface area (Å²) < 4.78 is 92.4. The highest BCUT2D eigenvalue weighted by atomic mass is 16.6. The number of epoxide rings is 4. The normalized spacial score (nSPS) is 28.6. The summed E-state index contributed by atoms with van der Waals surface area (Å²) in [5.74, 6) is -5.78. The Kier molecular flexibility index (Phi) is 36.1. The van der Waals surface area contributed by atoms with E-state index >= 15 is 0 Å². The number of nitrogens with zero attached hydrogens (tertiary/aromatic N) is 4. The van der Waals surface area contributed by atoms with E-state index in [1.807, 2.05) is 113 Å². The highest BCUT2D eigenvalue weighted by Crippen LogP contribution is 2.40. The number of hydrogen-bond acceptors (Lipinski definition) is 30. The zero-order valence-corrected chi connectivity index (χ0v) is 73.3. The van der Waals surface area contributed by atoms with Gasteiger partial charge in [-0.1, -0.05) is 201 Å². The largest absolute Gasteiger partial charge is 0.481 e. The van der Waals surface area contributed by atoms with Crippen LogP contribution in [0.1, 0.15) is 200 Å². The third kappa shape index (κ3) is 29.4. The number of aromatic nitrogens is 4. The van der Waals surface area contributed by atoms with Gasteiger partial charge in [0.15, 0.2) is 34.6 Å². The Morgan fingerprint density at radius 3 is 1.00 bits per heavy atom. The van der Waals surface area contributed by atoms with Crippen LogP contribution >= 0.6 is 0 Å². The number of carbonyl (C=O) groups is 8. The van der Waals surface area contributed by atoms with Crippen LogP contribution in [0.2, 0.25) is 0 Å². The molecule has 4 unspecified atom stereocenters. The Labute approximate surface area is 732 Å². The lowest BCUT2D eigenvalue weighted by Gasteiger charge is -2.38. The summed E-state index contributed by atoms with van der Waals surface area (Å²) in [5.41, 5.74) is -3.96. The number of carboxylic acids is 2. The van der Waals surface area contributed by atoms with Crippen molar-refractivity contribution < 1.29 is 133 Å². The van der Waals surface area contributed by atoms with E-state index in [1.54, 1.807) is 140 Å². The van der Waals surface area contributed by atoms with Gasteiger partial charge in [-0.15, -0.1) is 0 Å². The minimum Gasteiger partial charge on any atom is -0.481 e. The van der Waals surface area contributed by atoms with Gasteiger partial charge in [0.1, 0.15) is 111 Å². The van der Waals surface area contributed by atoms with Crippen LogP contribution < -0.4 is 0 Å². The zero-order chi connectivity index (χ0) is 91.5. The van der Waals surface area contributed by atoms with Gasteiger partial charge in [0.05, 0.1) is 62.9 Å². The first-order valence-corrected chi connectivity index (χ1v) is 41.8. The quantitative estimate of drug-likeness (QED) is 0.0246. The maximum absolute atomic E-state index is 13.7. The first kappa shape index (κ1) is 98.4. The number of cyclic esters (lactones) is 4. The van der Waals surface area contributed by atoms with Crippen molar-refractivity contribution in [3.8, 4) is 0 Å². The fraction of sp³-hybridized carbons (Fsp3) is 0.489. The first-order valence-electron chi connectivity index (χ1n) is 41.8. The van der Waals surface area contributed by atoms with Crippen LogP contribution in [0.4, 0.5) is 0 Å². The maximum atomic E-state index is 13.7. The molecule has 0 amide bonds. The van der Waals surface area contributed by atoms with Gasteiger partial charge >= 0.3 is 47.8 Å². The van der Waals surface area contributed by atoms with Crippen molar-refractivity contribution in [2.75, 3.05) is 14.2 Å². The molecular weight excluding hydrogens is 1630 g/mol. The van der Waals surface area contributed by atoms with Gasteiger partial charge in [0.25, 0.3) is 0 Å². The number of carboxylic acid groups (broad SMARTS) is 2. The highest BCUT2D eigenvalue weighted by Gasteiger charge is 2.46. The summed E-state index contributed by atoms with van der Waals surface area (Å²) in [7, 11) is 3.07. The average Bonchev–Trinajstić information content (AvgIpc) is 1.35. The lowest BCUT2D eigenvalue weighted by Crippen LogP contribution is -2.44. The van der Waals surface area contributed by atoms with Crippen molar-refractivity contribution in [1.82, 2.24) is 19.9 Å². The van der Waals surface area contributed by atoms with Gasteiger partial charge in [0.2, 0.25) is 11.8 Å². The molecule has 4 aromatic rings. The molecule has 32 heteroatoms. The summed E-state index contributed by atoms with van der Waals surface area (Å²) >= 11 is 0. The van der Waals surface area contributed by atoms with Gasteiger partial charge in [-0.2, -0.15) is 0 Å². The molecular formula is C94H116N4O28. The van der Waals surface area contributed by atoms with Gasteiger partial charge in [-0.05, 0) is 39.8 Å². The van der Waals surface area contributed by atoms with Crippen LogP contribution in [0.3, 0.4) is 0 Å². The molecule has 0 spiro atoms. The second kappa shape index (κ2) is 46.2. The van der Waals surface area contributed by atoms with Gasteiger partial charge in [0, 0.05) is 73.7 Å². The third-order valence-electron chi connectivity index (χ3n) is 22.0. The number of ether oxygens (including phenoxy) is 12. The lowest BCUT2D eigenvalue weighted by molar-refractivity contribution is -0.158. The Balaban J connectivity index is 0.000000285. The van der Waals surface area contributed by atoms with E-state index in [9.17, 15) is 48.6 Å². The number of oxazole rings is 4. The van der Waals surface area contributed by atoms with Gasteiger partial charge in [-0.25, -0.2) is 39.1 Å². The highest BCUT2D eigenvalue weighted by molar-refractivity contribution is 5.89. The number of rotatable bonds is 22. The van der Waals surface area contributed by atoms with Crippen molar-refractivity contribution in [2.45, 2.75) is 257 Å². The number of aliphatic carboxylic acids is 2. The molecule has 0 aromatic carbocycles. The number of allylic oxidation sites excluding steroid dienone is 8. The SMILES string of the molecule is C/C=C/[C@H](OC(=O)CCC(=O)O)C(C)(C)[C@@H]1C/C=C\C2OC2/C=C/[C@H](OC)Cc2nc(co2)C(=O)O[C@H](C(C)(C)[C@@H](O)/C=C/C)C/C=C\[C@H]2O[C@H]2/C=C/C=C\c2nc(co2)C(=O)O1.C/C=C/[C@H](OC(=O)CCC(=O)O)C(C)(C)[C@@H]1C/C=C\[C@H]2O[C@H]2/C=C/C=C\c2nc(co2)C(=O)O[C@H](C(C)(C)[C@@H](O)/C=C/C)C/C=C\C2OC2/C=C/[C@H](OC)Cc2nc(co2)C(=O)O1. The molecule has 18 atom stereocenters. The molecule has 6 aliphatic rings. The van der Waals surface area contributed by atoms with E-state index in [1.165, 1.54) is 39.3 Å². The molecule has 8 bridgehead atoms. The number of carbonyl (C=O) groups excluding carboxylic acids is 6. The van der Waals surface area contributed by atoms with E-state index in [2.05, 4.69) is 19.9 Å². The summed E-state index contributed by atoms with van der Waals surface area (Å²) in [4.78, 5) is 119. The number of aliphatic hydroxyl groups excluding tert-OH is 2. The average molecular weight is 1750 g/mol. The molecule has 4 fully saturated rings. The summed E-state index contributed by atoms with van der Waals surface area (Å²) in [6.45, 7) is 21.5. The van der Waals surface area contributed by atoms with E-state index in [0.29, 0.717) is 0 Å². The summed E-state index contributed by atoms with van der Waals surface area (Å²) in [6.07, 6.45) is 44.4. The molecule has 0 saturated carbocycles. The predicted molar refractivity (Wildman–Crippen MR) is 456 cm³/mol. The molecule has 4 aromatic heterocycles. The number of fused-ring (bicyclic) bond motifs is 12. The second-order valence-electron chi connectivity index (χ2n) is 33.0. The van der Waals surface area contributed by atoms with E-state index < -0.39 is 143 Å². The number of esters is 6. The fourth-order valence-corrected chi connectivity index (χ4v) is 13.4. The first-order chi connectivity index (χ1) is 60.1. The number of aliphatic hydroxyl groups is 2. The third-order valence-corrected chi connectivity index (χ3v) is 22.0. The Hall–Kier alpha value is -11.4. The van der Waals surface area contributed by atoms with Crippen molar-refractivity contribution in [3.63, 3.8) is 0 Å². The minimum atomic E-state index is -1.13.